The Balaban J connectivity index is 1.35. The molecule has 190 valence electrons. The molecule has 2 N–H and O–H groups in total. The van der Waals surface area contributed by atoms with Crippen molar-refractivity contribution < 1.29 is 4.79 Å². The Morgan fingerprint density at radius 1 is 0.842 bits per heavy atom. The van der Waals surface area contributed by atoms with E-state index in [-0.39, 0.29) is 11.8 Å². The van der Waals surface area contributed by atoms with Gasteiger partial charge in [-0.2, -0.15) is 0 Å². The lowest BCUT2D eigenvalue weighted by Crippen LogP contribution is -2.24. The maximum absolute atomic E-state index is 12.8. The number of fused-ring (bicyclic) bond motifs is 1. The second-order valence-corrected chi connectivity index (χ2v) is 10.3. The summed E-state index contributed by atoms with van der Waals surface area (Å²) in [4.78, 5) is 12.8. The van der Waals surface area contributed by atoms with Gasteiger partial charge >= 0.3 is 0 Å². The number of imidazole rings is 1. The van der Waals surface area contributed by atoms with Gasteiger partial charge in [0, 0.05) is 27.9 Å². The number of benzene rings is 4. The van der Waals surface area contributed by atoms with Crippen LogP contribution in [0.5, 0.6) is 0 Å². The fraction of sp³-hybridized carbons (Fsp3) is 0.188. The highest BCUT2D eigenvalue weighted by atomic mass is 35.5. The van der Waals surface area contributed by atoms with E-state index in [4.69, 9.17) is 17.0 Å². The molecule has 6 rings (SSSR count). The van der Waals surface area contributed by atoms with Crippen LogP contribution in [0.2, 0.25) is 5.02 Å². The highest BCUT2D eigenvalue weighted by Crippen LogP contribution is 2.31. The van der Waals surface area contributed by atoms with Gasteiger partial charge in [-0.25, -0.2) is 0 Å². The van der Waals surface area contributed by atoms with E-state index in [0.29, 0.717) is 17.2 Å². The third-order valence-electron chi connectivity index (χ3n) is 7.51. The van der Waals surface area contributed by atoms with E-state index < -0.39 is 0 Å². The van der Waals surface area contributed by atoms with Crippen molar-refractivity contribution in [2.45, 2.75) is 32.2 Å². The molecule has 0 unspecified atom stereocenters. The molecule has 0 atom stereocenters. The number of rotatable bonds is 6. The Kier molecular flexibility index (Phi) is 6.61. The molecule has 0 aliphatic heterocycles. The minimum atomic E-state index is 0.111. The summed E-state index contributed by atoms with van der Waals surface area (Å²) in [6.45, 7) is 0.512. The average Bonchev–Trinajstić information content (AvgIpc) is 3.58. The smallest absolute Gasteiger partial charge is 0.227 e. The minimum absolute atomic E-state index is 0.111. The monoisotopic (exact) mass is 520 g/mol. The second-order valence-electron chi connectivity index (χ2n) is 9.89. The van der Waals surface area contributed by atoms with Crippen LogP contribution in [0.15, 0.2) is 97.1 Å². The molecule has 1 fully saturated rings. The lowest BCUT2D eigenvalue weighted by atomic mass is 10.0. The zero-order chi connectivity index (χ0) is 26.1. The number of anilines is 1. The molecular formula is C32H29ClN4O. The predicted octanol–water partition coefficient (Wildman–Crippen LogP) is 7.41. The fourth-order valence-corrected chi connectivity index (χ4v) is 5.70. The molecule has 1 amide bonds. The van der Waals surface area contributed by atoms with Gasteiger partial charge in [-0.15, -0.1) is 0 Å². The number of hydrogen-bond donors (Lipinski definition) is 2. The van der Waals surface area contributed by atoms with Crippen LogP contribution in [0.1, 0.15) is 31.2 Å². The van der Waals surface area contributed by atoms with E-state index in [2.05, 4.69) is 17.4 Å². The molecule has 1 saturated carbocycles. The summed E-state index contributed by atoms with van der Waals surface area (Å²) in [5, 5.41) is 12.9. The largest absolute Gasteiger partial charge is 0.325 e. The molecule has 0 bridgehead atoms. The van der Waals surface area contributed by atoms with Crippen LogP contribution in [0.25, 0.3) is 27.8 Å². The fourth-order valence-electron chi connectivity index (χ4n) is 5.51. The van der Waals surface area contributed by atoms with Crippen LogP contribution in [0.3, 0.4) is 0 Å². The summed E-state index contributed by atoms with van der Waals surface area (Å²) < 4.78 is 3.95. The Hall–Kier alpha value is -4.09. The average molecular weight is 521 g/mol. The Labute approximate surface area is 226 Å². The lowest BCUT2D eigenvalue weighted by molar-refractivity contribution is -0.119. The summed E-state index contributed by atoms with van der Waals surface area (Å²) in [6, 6.07) is 32.0. The molecule has 1 aliphatic rings. The number of aromatic nitrogens is 2. The van der Waals surface area contributed by atoms with E-state index >= 15 is 0 Å². The highest BCUT2D eigenvalue weighted by molar-refractivity contribution is 6.31. The number of amides is 1. The van der Waals surface area contributed by atoms with E-state index in [1.165, 1.54) is 0 Å². The number of nitrogens with zero attached hydrogens (tertiary/aromatic N) is 2. The van der Waals surface area contributed by atoms with Crippen LogP contribution in [0.4, 0.5) is 5.69 Å². The number of para-hydroxylation sites is 3. The second kappa shape index (κ2) is 10.3. The molecule has 6 heteroatoms. The maximum atomic E-state index is 12.8. The van der Waals surface area contributed by atoms with Gasteiger partial charge < -0.3 is 9.88 Å². The summed E-state index contributed by atoms with van der Waals surface area (Å²) in [7, 11) is 0. The molecule has 0 radical (unpaired) electrons. The van der Waals surface area contributed by atoms with E-state index in [1.54, 1.807) is 0 Å². The van der Waals surface area contributed by atoms with Crippen LogP contribution in [-0.2, 0) is 11.3 Å². The maximum Gasteiger partial charge on any atom is 0.227 e. The molecule has 0 saturated heterocycles. The van der Waals surface area contributed by atoms with Crippen molar-refractivity contribution in [3.63, 3.8) is 0 Å². The first kappa shape index (κ1) is 24.3. The zero-order valence-corrected chi connectivity index (χ0v) is 21.8. The van der Waals surface area contributed by atoms with Gasteiger partial charge in [-0.3, -0.25) is 14.8 Å². The van der Waals surface area contributed by atoms with Crippen molar-refractivity contribution >= 4 is 34.2 Å². The van der Waals surface area contributed by atoms with Gasteiger partial charge in [0.2, 0.25) is 11.5 Å². The van der Waals surface area contributed by atoms with E-state index in [9.17, 15) is 4.79 Å². The third kappa shape index (κ3) is 4.54. The Morgan fingerprint density at radius 3 is 2.26 bits per heavy atom. The first-order valence-electron chi connectivity index (χ1n) is 13.1. The van der Waals surface area contributed by atoms with Crippen molar-refractivity contribution in [2.24, 2.45) is 5.92 Å². The number of hydrogen-bond acceptors (Lipinski definition) is 2. The molecule has 5 aromatic rings. The number of carbonyl (C=O) groups is 1. The van der Waals surface area contributed by atoms with Gasteiger partial charge in [0.05, 0.1) is 17.6 Å². The SMILES string of the molecule is N=c1n(Cc2ccccc2Cl)c2ccccc2n1-c1ccc(-c2ccccc2NC(=O)C2CCCC2)cc1. The molecule has 0 spiro atoms. The molecular weight excluding hydrogens is 492 g/mol. The summed E-state index contributed by atoms with van der Waals surface area (Å²) in [6.07, 6.45) is 4.20. The summed E-state index contributed by atoms with van der Waals surface area (Å²) in [5.74, 6) is 0.229. The standard InChI is InChI=1S/C32H29ClN4O/c33-27-13-5-3-11-24(27)21-36-29-15-7-8-16-30(29)37(32(36)34)25-19-17-22(18-20-25)26-12-4-6-14-28(26)35-31(38)23-9-1-2-10-23/h3-8,11-20,23,34H,1-2,9-10,21H2,(H,35,38). The first-order valence-corrected chi connectivity index (χ1v) is 13.5. The van der Waals surface area contributed by atoms with Crippen LogP contribution in [0, 0.1) is 11.3 Å². The lowest BCUT2D eigenvalue weighted by Gasteiger charge is -2.15. The van der Waals surface area contributed by atoms with Gasteiger partial charge in [0.25, 0.3) is 0 Å². The van der Waals surface area contributed by atoms with Crippen molar-refractivity contribution in [3.05, 3.63) is 113 Å². The topological polar surface area (TPSA) is 62.8 Å². The molecule has 1 aliphatic carbocycles. The van der Waals surface area contributed by atoms with Crippen molar-refractivity contribution in [1.29, 1.82) is 5.41 Å². The van der Waals surface area contributed by atoms with Crippen LogP contribution >= 0.6 is 11.6 Å². The summed E-state index contributed by atoms with van der Waals surface area (Å²) >= 11 is 6.45. The molecule has 4 aromatic carbocycles. The predicted molar refractivity (Wildman–Crippen MR) is 154 cm³/mol. The Bertz CT molecular complexity index is 1680. The molecule has 5 nitrogen and oxygen atoms in total. The van der Waals surface area contributed by atoms with Gasteiger partial charge in [-0.05, 0) is 60.4 Å². The number of nitrogens with one attached hydrogen (secondary N) is 2. The van der Waals surface area contributed by atoms with Crippen molar-refractivity contribution in [1.82, 2.24) is 9.13 Å². The molecule has 1 heterocycles. The molecule has 1 aromatic heterocycles. The van der Waals surface area contributed by atoms with Gasteiger partial charge in [0.15, 0.2) is 0 Å². The van der Waals surface area contributed by atoms with Gasteiger partial charge in [0.1, 0.15) is 0 Å². The normalized spacial score (nSPS) is 13.7. The number of carbonyl (C=O) groups excluding carboxylic acids is 1. The van der Waals surface area contributed by atoms with Crippen molar-refractivity contribution in [2.75, 3.05) is 5.32 Å². The minimum Gasteiger partial charge on any atom is -0.325 e. The molecule has 38 heavy (non-hydrogen) atoms. The van der Waals surface area contributed by atoms with E-state index in [0.717, 1.165) is 64.8 Å². The van der Waals surface area contributed by atoms with Gasteiger partial charge in [-0.1, -0.05) is 85.1 Å². The van der Waals surface area contributed by atoms with Crippen LogP contribution in [-0.4, -0.2) is 15.0 Å². The highest BCUT2D eigenvalue weighted by Gasteiger charge is 2.23. The summed E-state index contributed by atoms with van der Waals surface area (Å²) in [5.41, 5.74) is 7.03. The Morgan fingerprint density at radius 2 is 1.50 bits per heavy atom. The zero-order valence-electron chi connectivity index (χ0n) is 21.0. The quantitative estimate of drug-likeness (QED) is 0.240. The van der Waals surface area contributed by atoms with Crippen molar-refractivity contribution in [3.8, 4) is 16.8 Å². The van der Waals surface area contributed by atoms with Crippen LogP contribution < -0.4 is 10.9 Å². The third-order valence-corrected chi connectivity index (χ3v) is 7.88. The first-order chi connectivity index (χ1) is 18.6. The number of halogens is 1. The van der Waals surface area contributed by atoms with E-state index in [1.807, 2.05) is 94.1 Å².